The third kappa shape index (κ3) is 2.28. The minimum absolute atomic E-state index is 0.0945. The van der Waals surface area contributed by atoms with Gasteiger partial charge in [0.05, 0.1) is 14.2 Å². The number of aliphatic imine (C=N–C) groups is 1. The number of hydrogen-bond acceptors (Lipinski definition) is 7. The van der Waals surface area contributed by atoms with Crippen LogP contribution in [0.15, 0.2) is 23.2 Å². The molecule has 3 rings (SSSR count). The van der Waals surface area contributed by atoms with Gasteiger partial charge in [-0.2, -0.15) is 0 Å². The highest BCUT2D eigenvalue weighted by Crippen LogP contribution is 2.39. The summed E-state index contributed by atoms with van der Waals surface area (Å²) < 4.78 is 20.1. The van der Waals surface area contributed by atoms with Crippen molar-refractivity contribution in [3.05, 3.63) is 23.8 Å². The van der Waals surface area contributed by atoms with Gasteiger partial charge in [0.15, 0.2) is 11.5 Å². The van der Waals surface area contributed by atoms with Gasteiger partial charge in [-0.1, -0.05) is 6.07 Å². The molecule has 0 fully saturated rings. The predicted octanol–water partition coefficient (Wildman–Crippen LogP) is 0.916. The van der Waals surface area contributed by atoms with Crippen LogP contribution in [0.25, 0.3) is 0 Å². The number of methoxy groups -OCH3 is 2. The van der Waals surface area contributed by atoms with Gasteiger partial charge in [-0.05, 0) is 17.7 Å². The highest BCUT2D eigenvalue weighted by Gasteiger charge is 2.43. The Morgan fingerprint density at radius 1 is 1.18 bits per heavy atom. The molecule has 0 aromatic heterocycles. The average molecular weight is 305 g/mol. The van der Waals surface area contributed by atoms with Gasteiger partial charge in [0.25, 0.3) is 0 Å². The van der Waals surface area contributed by atoms with Gasteiger partial charge >= 0.3 is 11.9 Å². The fourth-order valence-corrected chi connectivity index (χ4v) is 2.73. The van der Waals surface area contributed by atoms with Crippen molar-refractivity contribution in [1.29, 1.82) is 0 Å². The zero-order valence-corrected chi connectivity index (χ0v) is 12.2. The lowest BCUT2D eigenvalue weighted by molar-refractivity contribution is -0.144. The Bertz CT molecular complexity index is 653. The molecule has 0 saturated carbocycles. The van der Waals surface area contributed by atoms with Crippen LogP contribution in [0, 0.1) is 5.92 Å². The molecule has 7 heteroatoms. The summed E-state index contributed by atoms with van der Waals surface area (Å²) in [6, 6.07) is 5.42. The van der Waals surface area contributed by atoms with Crippen molar-refractivity contribution < 1.29 is 28.5 Å². The van der Waals surface area contributed by atoms with Gasteiger partial charge in [0, 0.05) is 12.5 Å². The normalized spacial score (nSPS) is 22.2. The third-order valence-corrected chi connectivity index (χ3v) is 3.83. The van der Waals surface area contributed by atoms with E-state index in [2.05, 4.69) is 4.99 Å². The van der Waals surface area contributed by atoms with E-state index >= 15 is 0 Å². The Balaban J connectivity index is 1.93. The number of benzene rings is 1. The van der Waals surface area contributed by atoms with E-state index < -0.39 is 17.9 Å². The molecule has 2 aliphatic rings. The Kier molecular flexibility index (Phi) is 3.70. The molecular weight excluding hydrogens is 290 g/mol. The summed E-state index contributed by atoms with van der Waals surface area (Å²) in [5.74, 6) is -0.921. The molecule has 0 spiro atoms. The second kappa shape index (κ2) is 5.67. The summed E-state index contributed by atoms with van der Waals surface area (Å²) in [5.41, 5.74) is 0.930. The number of carbonyl (C=O) groups is 2. The summed E-state index contributed by atoms with van der Waals surface area (Å²) in [6.07, 6.45) is 0. The van der Waals surface area contributed by atoms with E-state index in [-0.39, 0.29) is 18.4 Å². The molecule has 0 bridgehead atoms. The van der Waals surface area contributed by atoms with Gasteiger partial charge in [0.1, 0.15) is 11.6 Å². The van der Waals surface area contributed by atoms with E-state index in [9.17, 15) is 9.59 Å². The van der Waals surface area contributed by atoms with E-state index in [4.69, 9.17) is 18.9 Å². The summed E-state index contributed by atoms with van der Waals surface area (Å²) in [6.45, 7) is 0.484. The van der Waals surface area contributed by atoms with Crippen LogP contribution in [0.1, 0.15) is 11.5 Å². The van der Waals surface area contributed by atoms with Crippen molar-refractivity contribution in [3.63, 3.8) is 0 Å². The van der Waals surface area contributed by atoms with Crippen LogP contribution in [0.2, 0.25) is 0 Å². The second-order valence-electron chi connectivity index (χ2n) is 4.94. The van der Waals surface area contributed by atoms with E-state index in [1.807, 2.05) is 6.07 Å². The number of esters is 2. The number of carbonyl (C=O) groups excluding carboxylic acids is 2. The highest BCUT2D eigenvalue weighted by molar-refractivity contribution is 6.41. The van der Waals surface area contributed by atoms with E-state index in [0.717, 1.165) is 5.56 Å². The molecule has 2 atom stereocenters. The molecule has 116 valence electrons. The minimum atomic E-state index is -0.780. The van der Waals surface area contributed by atoms with Crippen LogP contribution in [0.3, 0.4) is 0 Å². The molecule has 2 aliphatic heterocycles. The standard InChI is InChI=1S/C15H15NO6/c1-19-14(17)12-9(6-16-13(12)15(18)20-2)8-3-4-10-11(5-8)22-7-21-10/h3-5,9,12H,6-7H2,1-2H3. The largest absolute Gasteiger partial charge is 0.468 e. The zero-order valence-electron chi connectivity index (χ0n) is 12.2. The Labute approximate surface area is 126 Å². The van der Waals surface area contributed by atoms with Gasteiger partial charge in [-0.3, -0.25) is 9.79 Å². The van der Waals surface area contributed by atoms with Crippen LogP contribution in [0.5, 0.6) is 11.5 Å². The SMILES string of the molecule is COC(=O)C1=NCC(c2ccc3c(c2)OCO3)C1C(=O)OC. The highest BCUT2D eigenvalue weighted by atomic mass is 16.7. The summed E-state index contributed by atoms with van der Waals surface area (Å²) in [4.78, 5) is 28.1. The van der Waals surface area contributed by atoms with Crippen LogP contribution < -0.4 is 9.47 Å². The number of fused-ring (bicyclic) bond motifs is 1. The Hall–Kier alpha value is -2.57. The van der Waals surface area contributed by atoms with Crippen LogP contribution >= 0.6 is 0 Å². The molecule has 22 heavy (non-hydrogen) atoms. The minimum Gasteiger partial charge on any atom is -0.468 e. The van der Waals surface area contributed by atoms with Gasteiger partial charge in [-0.15, -0.1) is 0 Å². The van der Waals surface area contributed by atoms with Gasteiger partial charge in [0.2, 0.25) is 6.79 Å². The van der Waals surface area contributed by atoms with E-state index in [0.29, 0.717) is 18.0 Å². The van der Waals surface area contributed by atoms with Crippen molar-refractivity contribution >= 4 is 17.7 Å². The fraction of sp³-hybridized carbons (Fsp3) is 0.400. The lowest BCUT2D eigenvalue weighted by atomic mass is 9.85. The van der Waals surface area contributed by atoms with Crippen molar-refractivity contribution in [2.45, 2.75) is 5.92 Å². The van der Waals surface area contributed by atoms with Crippen LogP contribution in [-0.4, -0.2) is 45.2 Å². The van der Waals surface area contributed by atoms with Crippen molar-refractivity contribution in [1.82, 2.24) is 0 Å². The van der Waals surface area contributed by atoms with E-state index in [1.54, 1.807) is 12.1 Å². The van der Waals surface area contributed by atoms with Crippen LogP contribution in [0.4, 0.5) is 0 Å². The number of rotatable bonds is 3. The molecule has 1 aromatic rings. The fourth-order valence-electron chi connectivity index (χ4n) is 2.73. The molecule has 7 nitrogen and oxygen atoms in total. The summed E-state index contributed by atoms with van der Waals surface area (Å²) in [7, 11) is 2.54. The maximum absolute atomic E-state index is 12.1. The Morgan fingerprint density at radius 3 is 2.68 bits per heavy atom. The van der Waals surface area contributed by atoms with Gasteiger partial charge in [-0.25, -0.2) is 4.79 Å². The zero-order chi connectivity index (χ0) is 15.7. The van der Waals surface area contributed by atoms with Crippen LogP contribution in [-0.2, 0) is 19.1 Å². The topological polar surface area (TPSA) is 83.4 Å². The number of ether oxygens (including phenoxy) is 4. The summed E-state index contributed by atoms with van der Waals surface area (Å²) in [5, 5.41) is 0. The average Bonchev–Trinajstić information content (AvgIpc) is 3.18. The summed E-state index contributed by atoms with van der Waals surface area (Å²) >= 11 is 0. The molecule has 0 radical (unpaired) electrons. The first-order valence-corrected chi connectivity index (χ1v) is 6.75. The van der Waals surface area contributed by atoms with Crippen molar-refractivity contribution in [2.75, 3.05) is 27.6 Å². The smallest absolute Gasteiger partial charge is 0.352 e. The molecular formula is C15H15NO6. The third-order valence-electron chi connectivity index (χ3n) is 3.83. The van der Waals surface area contributed by atoms with Gasteiger partial charge < -0.3 is 18.9 Å². The molecule has 0 amide bonds. The monoisotopic (exact) mass is 305 g/mol. The quantitative estimate of drug-likeness (QED) is 0.772. The predicted molar refractivity (Wildman–Crippen MR) is 75.1 cm³/mol. The lowest BCUT2D eigenvalue weighted by Gasteiger charge is -2.18. The maximum Gasteiger partial charge on any atom is 0.352 e. The van der Waals surface area contributed by atoms with Crippen molar-refractivity contribution in [3.8, 4) is 11.5 Å². The molecule has 2 unspecified atom stereocenters. The first-order valence-electron chi connectivity index (χ1n) is 6.75. The Morgan fingerprint density at radius 2 is 1.95 bits per heavy atom. The second-order valence-corrected chi connectivity index (χ2v) is 4.94. The molecule has 0 aliphatic carbocycles. The number of nitrogens with zero attached hydrogens (tertiary/aromatic N) is 1. The molecule has 0 N–H and O–H groups in total. The first-order chi connectivity index (χ1) is 10.7. The van der Waals surface area contributed by atoms with Crippen molar-refractivity contribution in [2.24, 2.45) is 10.9 Å². The van der Waals surface area contributed by atoms with E-state index in [1.165, 1.54) is 14.2 Å². The molecule has 2 heterocycles. The molecule has 1 aromatic carbocycles. The first kappa shape index (κ1) is 14.4. The number of hydrogen-bond donors (Lipinski definition) is 0. The lowest BCUT2D eigenvalue weighted by Crippen LogP contribution is -2.33. The maximum atomic E-state index is 12.1. The molecule has 0 saturated heterocycles.